The van der Waals surface area contributed by atoms with Gasteiger partial charge in [0, 0.05) is 68.6 Å². The van der Waals surface area contributed by atoms with Crippen molar-refractivity contribution in [2.45, 2.75) is 25.9 Å². The van der Waals surface area contributed by atoms with E-state index in [1.165, 1.54) is 0 Å². The smallest absolute Gasteiger partial charge is 0.324 e. The number of piperazine rings is 1. The number of carbonyl (C=O) groups is 2. The maximum atomic E-state index is 13.4. The van der Waals surface area contributed by atoms with E-state index in [1.807, 2.05) is 88.0 Å². The summed E-state index contributed by atoms with van der Waals surface area (Å²) in [6.45, 7) is 8.13. The van der Waals surface area contributed by atoms with E-state index >= 15 is 0 Å². The number of nitrogens with zero attached hydrogens (tertiary/aromatic N) is 8. The SMILES string of the molecule is CCN1CCN(c2ccc3c(c2)ncn3-c2ccnc(N[C@H](C)[C@@H]3CN(C(=O)Nc4cccc5ccccc45)CCN3C)n2)C1=O. The van der Waals surface area contributed by atoms with E-state index in [4.69, 9.17) is 4.98 Å². The standard InChI is InChI=1S/C34H38N10O2/c1-4-41-18-19-43(34(41)46)25-12-13-29-28(20-25)36-22-44(29)31-14-15-35-32(39-31)37-23(2)30-21-42(17-16-40(30)3)33(45)38-27-11-7-9-24-8-5-6-10-26(24)27/h5-15,20,22-23,30H,4,16-19,21H2,1-3H3,(H,38,45)(H,35,37,39)/t23-,30+/m1/s1. The fourth-order valence-electron chi connectivity index (χ4n) is 6.47. The van der Waals surface area contributed by atoms with E-state index in [0.717, 1.165) is 46.3 Å². The Morgan fingerprint density at radius 2 is 1.85 bits per heavy atom. The van der Waals surface area contributed by atoms with Crippen molar-refractivity contribution in [1.82, 2.24) is 34.2 Å². The minimum absolute atomic E-state index is 0.0269. The highest BCUT2D eigenvalue weighted by atomic mass is 16.2. The first-order valence-corrected chi connectivity index (χ1v) is 15.8. The lowest BCUT2D eigenvalue weighted by atomic mass is 10.1. The van der Waals surface area contributed by atoms with Crippen LogP contribution in [-0.2, 0) is 0 Å². The zero-order valence-corrected chi connectivity index (χ0v) is 26.3. The molecule has 7 rings (SSSR count). The predicted molar refractivity (Wildman–Crippen MR) is 181 cm³/mol. The highest BCUT2D eigenvalue weighted by Crippen LogP contribution is 2.27. The minimum atomic E-state index is -0.105. The van der Waals surface area contributed by atoms with Gasteiger partial charge in [0.25, 0.3) is 0 Å². The quantitative estimate of drug-likeness (QED) is 0.267. The highest BCUT2D eigenvalue weighted by Gasteiger charge is 2.32. The largest absolute Gasteiger partial charge is 0.350 e. The summed E-state index contributed by atoms with van der Waals surface area (Å²) in [6, 6.07) is 21.7. The number of rotatable bonds is 7. The number of aromatic nitrogens is 4. The minimum Gasteiger partial charge on any atom is -0.350 e. The molecule has 236 valence electrons. The second kappa shape index (κ2) is 12.3. The molecular formula is C34H38N10O2. The normalized spacial score (nSPS) is 18.0. The zero-order valence-electron chi connectivity index (χ0n) is 26.3. The molecule has 2 aliphatic heterocycles. The number of nitrogens with one attached hydrogen (secondary N) is 2. The van der Waals surface area contributed by atoms with Crippen molar-refractivity contribution in [3.63, 3.8) is 0 Å². The molecule has 0 spiro atoms. The third kappa shape index (κ3) is 5.56. The lowest BCUT2D eigenvalue weighted by Gasteiger charge is -2.42. The molecule has 4 heterocycles. The van der Waals surface area contributed by atoms with Gasteiger partial charge in [-0.25, -0.2) is 19.6 Å². The molecule has 0 radical (unpaired) electrons. The summed E-state index contributed by atoms with van der Waals surface area (Å²) in [7, 11) is 2.08. The Hall–Kier alpha value is -5.23. The second-order valence-corrected chi connectivity index (χ2v) is 11.9. The van der Waals surface area contributed by atoms with Crippen molar-refractivity contribution < 1.29 is 9.59 Å². The van der Waals surface area contributed by atoms with Crippen LogP contribution in [0.5, 0.6) is 0 Å². The van der Waals surface area contributed by atoms with Gasteiger partial charge in [0.1, 0.15) is 12.1 Å². The van der Waals surface area contributed by atoms with Gasteiger partial charge in [-0.2, -0.15) is 4.98 Å². The molecule has 0 aliphatic carbocycles. The van der Waals surface area contributed by atoms with E-state index < -0.39 is 0 Å². The molecule has 12 nitrogen and oxygen atoms in total. The maximum absolute atomic E-state index is 13.4. The van der Waals surface area contributed by atoms with Gasteiger partial charge in [-0.1, -0.05) is 36.4 Å². The average Bonchev–Trinajstić information content (AvgIpc) is 3.67. The fraction of sp³-hybridized carbons (Fsp3) is 0.324. The van der Waals surface area contributed by atoms with Crippen LogP contribution in [0.25, 0.3) is 27.6 Å². The molecule has 2 aliphatic rings. The lowest BCUT2D eigenvalue weighted by molar-refractivity contribution is 0.108. The Morgan fingerprint density at radius 3 is 2.70 bits per heavy atom. The monoisotopic (exact) mass is 618 g/mol. The van der Waals surface area contributed by atoms with Crippen LogP contribution in [-0.4, -0.2) is 105 Å². The molecule has 12 heteroatoms. The second-order valence-electron chi connectivity index (χ2n) is 11.9. The van der Waals surface area contributed by atoms with E-state index in [-0.39, 0.29) is 24.1 Å². The molecule has 0 unspecified atom stereocenters. The van der Waals surface area contributed by atoms with Crippen molar-refractivity contribution >= 4 is 51.2 Å². The number of hydrogen-bond donors (Lipinski definition) is 2. The summed E-state index contributed by atoms with van der Waals surface area (Å²) >= 11 is 0. The van der Waals surface area contributed by atoms with Gasteiger partial charge in [0.2, 0.25) is 5.95 Å². The first kappa shape index (κ1) is 29.5. The van der Waals surface area contributed by atoms with Crippen LogP contribution < -0.4 is 15.5 Å². The van der Waals surface area contributed by atoms with Gasteiger partial charge in [0.15, 0.2) is 0 Å². The van der Waals surface area contributed by atoms with Crippen molar-refractivity contribution in [3.8, 4) is 5.82 Å². The van der Waals surface area contributed by atoms with Gasteiger partial charge < -0.3 is 20.4 Å². The Bertz CT molecular complexity index is 1900. The first-order valence-electron chi connectivity index (χ1n) is 15.8. The third-order valence-corrected chi connectivity index (χ3v) is 9.16. The number of likely N-dealkylation sites (N-methyl/N-ethyl adjacent to an activating group) is 2. The maximum Gasteiger partial charge on any atom is 0.324 e. The Balaban J connectivity index is 1.04. The van der Waals surface area contributed by atoms with Gasteiger partial charge >= 0.3 is 12.1 Å². The number of carbonyl (C=O) groups excluding carboxylic acids is 2. The molecular weight excluding hydrogens is 580 g/mol. The van der Waals surface area contributed by atoms with Crippen molar-refractivity contribution in [3.05, 3.63) is 79.3 Å². The first-order chi connectivity index (χ1) is 22.4. The van der Waals surface area contributed by atoms with Gasteiger partial charge in [-0.3, -0.25) is 14.4 Å². The summed E-state index contributed by atoms with van der Waals surface area (Å²) in [5.74, 6) is 1.18. The van der Waals surface area contributed by atoms with Crippen LogP contribution in [0.15, 0.2) is 79.3 Å². The van der Waals surface area contributed by atoms with Crippen molar-refractivity contribution in [2.75, 3.05) is 61.8 Å². The summed E-state index contributed by atoms with van der Waals surface area (Å²) in [5, 5.41) is 8.73. The summed E-state index contributed by atoms with van der Waals surface area (Å²) < 4.78 is 1.92. The number of amides is 4. The number of hydrogen-bond acceptors (Lipinski definition) is 7. The highest BCUT2D eigenvalue weighted by molar-refractivity contribution is 6.01. The molecule has 0 saturated carbocycles. The van der Waals surface area contributed by atoms with Gasteiger partial charge in [0.05, 0.1) is 16.7 Å². The Labute approximate surface area is 267 Å². The molecule has 2 atom stereocenters. The third-order valence-electron chi connectivity index (χ3n) is 9.16. The lowest BCUT2D eigenvalue weighted by Crippen LogP contribution is -2.59. The summed E-state index contributed by atoms with van der Waals surface area (Å²) in [5.41, 5.74) is 3.33. The van der Waals surface area contributed by atoms with Gasteiger partial charge in [-0.05, 0) is 56.6 Å². The van der Waals surface area contributed by atoms with Gasteiger partial charge in [-0.15, -0.1) is 0 Å². The van der Waals surface area contributed by atoms with Crippen LogP contribution in [0.1, 0.15) is 13.8 Å². The average molecular weight is 619 g/mol. The fourth-order valence-corrected chi connectivity index (χ4v) is 6.47. The van der Waals surface area contributed by atoms with Crippen LogP contribution >= 0.6 is 0 Å². The number of benzene rings is 3. The Kier molecular flexibility index (Phi) is 7.87. The summed E-state index contributed by atoms with van der Waals surface area (Å²) in [4.78, 5) is 47.8. The van der Waals surface area contributed by atoms with E-state index in [0.29, 0.717) is 37.9 Å². The molecule has 2 aromatic heterocycles. The van der Waals surface area contributed by atoms with Crippen LogP contribution in [0.4, 0.5) is 26.9 Å². The topological polar surface area (TPSA) is 115 Å². The molecule has 3 aromatic carbocycles. The molecule has 2 fully saturated rings. The zero-order chi connectivity index (χ0) is 31.8. The van der Waals surface area contributed by atoms with E-state index in [1.54, 1.807) is 17.4 Å². The summed E-state index contributed by atoms with van der Waals surface area (Å²) in [6.07, 6.45) is 3.48. The van der Waals surface area contributed by atoms with Crippen LogP contribution in [0.2, 0.25) is 0 Å². The van der Waals surface area contributed by atoms with E-state index in [2.05, 4.69) is 39.5 Å². The number of imidazole rings is 1. The Morgan fingerprint density at radius 1 is 1.00 bits per heavy atom. The van der Waals surface area contributed by atoms with E-state index in [9.17, 15) is 9.59 Å². The van der Waals surface area contributed by atoms with Crippen molar-refractivity contribution in [2.24, 2.45) is 0 Å². The molecule has 4 amide bonds. The van der Waals surface area contributed by atoms with Crippen LogP contribution in [0.3, 0.4) is 0 Å². The number of fused-ring (bicyclic) bond motifs is 2. The number of anilines is 3. The molecule has 46 heavy (non-hydrogen) atoms. The molecule has 0 bridgehead atoms. The van der Waals surface area contributed by atoms with Crippen molar-refractivity contribution in [1.29, 1.82) is 0 Å². The molecule has 5 aromatic rings. The number of urea groups is 2. The predicted octanol–water partition coefficient (Wildman–Crippen LogP) is 4.88. The molecule has 2 saturated heterocycles. The van der Waals surface area contributed by atoms with Crippen LogP contribution in [0, 0.1) is 0 Å². The molecule has 2 N–H and O–H groups in total.